The highest BCUT2D eigenvalue weighted by Crippen LogP contribution is 2.09. The fourth-order valence-electron chi connectivity index (χ4n) is 1.86. The van der Waals surface area contributed by atoms with E-state index in [0.29, 0.717) is 0 Å². The van der Waals surface area contributed by atoms with Crippen molar-refractivity contribution in [2.45, 2.75) is 6.92 Å². The number of rotatable bonds is 2. The normalized spacial score (nSPS) is 28.8. The molecule has 0 aromatic carbocycles. The second-order valence-corrected chi connectivity index (χ2v) is 3.83. The Morgan fingerprint density at radius 2 is 2.21 bits per heavy atom. The van der Waals surface area contributed by atoms with Gasteiger partial charge in [-0.2, -0.15) is 5.10 Å². The van der Waals surface area contributed by atoms with E-state index in [0.717, 1.165) is 38.4 Å². The number of nitrogens with zero attached hydrogens (tertiary/aromatic N) is 2. The molecule has 2 rings (SSSR count). The van der Waals surface area contributed by atoms with Gasteiger partial charge < -0.3 is 5.32 Å². The Bertz CT molecular complexity index is 258. The molecule has 0 aromatic rings. The number of nitrogens with one attached hydrogen (secondary N) is 2. The van der Waals surface area contributed by atoms with Gasteiger partial charge in [-0.1, -0.05) is 0 Å². The summed E-state index contributed by atoms with van der Waals surface area (Å²) in [5.41, 5.74) is 3.43. The molecule has 1 fully saturated rings. The van der Waals surface area contributed by atoms with Crippen molar-refractivity contribution in [3.63, 3.8) is 0 Å². The van der Waals surface area contributed by atoms with Crippen molar-refractivity contribution in [2.24, 2.45) is 11.0 Å². The number of hydrazone groups is 1. The van der Waals surface area contributed by atoms with Crippen molar-refractivity contribution in [2.75, 3.05) is 32.7 Å². The van der Waals surface area contributed by atoms with Crippen LogP contribution in [0.25, 0.3) is 0 Å². The van der Waals surface area contributed by atoms with Gasteiger partial charge in [0.25, 0.3) is 0 Å². The van der Waals surface area contributed by atoms with Crippen LogP contribution in [-0.2, 0) is 4.79 Å². The smallest absolute Gasteiger partial charge is 0.250 e. The van der Waals surface area contributed by atoms with E-state index in [4.69, 9.17) is 0 Å². The molecular formula is C9H16N4O. The predicted molar refractivity (Wildman–Crippen MR) is 54.1 cm³/mol. The van der Waals surface area contributed by atoms with Crippen LogP contribution in [0.5, 0.6) is 0 Å². The maximum atomic E-state index is 11.4. The van der Waals surface area contributed by atoms with Gasteiger partial charge in [0, 0.05) is 38.4 Å². The molecule has 1 amide bonds. The zero-order valence-corrected chi connectivity index (χ0v) is 8.42. The van der Waals surface area contributed by atoms with Crippen molar-refractivity contribution >= 4 is 11.6 Å². The van der Waals surface area contributed by atoms with Crippen molar-refractivity contribution in [3.8, 4) is 0 Å². The molecule has 78 valence electrons. The van der Waals surface area contributed by atoms with Crippen LogP contribution in [0, 0.1) is 5.92 Å². The monoisotopic (exact) mass is 196 g/mol. The zero-order chi connectivity index (χ0) is 9.97. The Labute approximate surface area is 83.5 Å². The quantitative estimate of drug-likeness (QED) is 0.596. The van der Waals surface area contributed by atoms with Crippen molar-refractivity contribution in [3.05, 3.63) is 0 Å². The summed E-state index contributed by atoms with van der Waals surface area (Å²) in [6, 6.07) is 0. The lowest BCUT2D eigenvalue weighted by molar-refractivity contribution is -0.122. The molecule has 0 saturated carbocycles. The second kappa shape index (κ2) is 4.06. The summed E-state index contributed by atoms with van der Waals surface area (Å²) < 4.78 is 0. The van der Waals surface area contributed by atoms with Gasteiger partial charge in [0.2, 0.25) is 5.91 Å². The molecule has 0 bridgehead atoms. The maximum absolute atomic E-state index is 11.4. The molecular weight excluding hydrogens is 180 g/mol. The number of hydrogen-bond acceptors (Lipinski definition) is 4. The van der Waals surface area contributed by atoms with E-state index in [1.54, 1.807) is 0 Å². The first-order valence-corrected chi connectivity index (χ1v) is 5.04. The van der Waals surface area contributed by atoms with E-state index >= 15 is 0 Å². The molecule has 2 aliphatic heterocycles. The molecule has 0 aromatic heterocycles. The highest BCUT2D eigenvalue weighted by Gasteiger charge is 2.28. The summed E-state index contributed by atoms with van der Waals surface area (Å²) in [5.74, 6) is 0.00846. The molecule has 0 spiro atoms. The Balaban J connectivity index is 1.89. The molecule has 2 aliphatic rings. The van der Waals surface area contributed by atoms with E-state index in [-0.39, 0.29) is 11.8 Å². The standard InChI is InChI=1S/C9H16N4O/c1-7-8(9(14)12-11-7)6-13-4-2-10-3-5-13/h8,10H,2-6H2,1H3,(H,12,14). The first-order chi connectivity index (χ1) is 6.77. The third-order valence-electron chi connectivity index (χ3n) is 2.81. The Morgan fingerprint density at radius 3 is 2.79 bits per heavy atom. The van der Waals surface area contributed by atoms with Crippen LogP contribution in [0.1, 0.15) is 6.92 Å². The van der Waals surface area contributed by atoms with Crippen LogP contribution in [0.2, 0.25) is 0 Å². The Kier molecular flexibility index (Phi) is 2.79. The number of hydrogen-bond donors (Lipinski definition) is 2. The fraction of sp³-hybridized carbons (Fsp3) is 0.778. The van der Waals surface area contributed by atoms with E-state index < -0.39 is 0 Å². The molecule has 1 atom stereocenters. The average Bonchev–Trinajstić information content (AvgIpc) is 2.51. The van der Waals surface area contributed by atoms with Crippen molar-refractivity contribution in [1.82, 2.24) is 15.6 Å². The fourth-order valence-corrected chi connectivity index (χ4v) is 1.86. The van der Waals surface area contributed by atoms with Crippen LogP contribution in [0.15, 0.2) is 5.10 Å². The van der Waals surface area contributed by atoms with Gasteiger partial charge >= 0.3 is 0 Å². The van der Waals surface area contributed by atoms with Crippen LogP contribution in [-0.4, -0.2) is 49.2 Å². The Hall–Kier alpha value is -0.940. The summed E-state index contributed by atoms with van der Waals surface area (Å²) in [6.45, 7) is 6.80. The van der Waals surface area contributed by atoms with Gasteiger partial charge in [-0.25, -0.2) is 5.43 Å². The third kappa shape index (κ3) is 1.93. The molecule has 5 heteroatoms. The minimum atomic E-state index is -0.0342. The molecule has 2 heterocycles. The zero-order valence-electron chi connectivity index (χ0n) is 8.42. The van der Waals surface area contributed by atoms with Crippen LogP contribution >= 0.6 is 0 Å². The molecule has 1 unspecified atom stereocenters. The first kappa shape index (κ1) is 9.61. The summed E-state index contributed by atoms with van der Waals surface area (Å²) in [5, 5.41) is 7.23. The van der Waals surface area contributed by atoms with E-state index in [2.05, 4.69) is 20.7 Å². The van der Waals surface area contributed by atoms with E-state index in [1.807, 2.05) is 6.92 Å². The highest BCUT2D eigenvalue weighted by molar-refractivity contribution is 6.07. The van der Waals surface area contributed by atoms with E-state index in [1.165, 1.54) is 0 Å². The summed E-state index contributed by atoms with van der Waals surface area (Å²) in [7, 11) is 0. The molecule has 2 N–H and O–H groups in total. The lowest BCUT2D eigenvalue weighted by Gasteiger charge is -2.28. The van der Waals surface area contributed by atoms with Gasteiger partial charge in [-0.15, -0.1) is 0 Å². The van der Waals surface area contributed by atoms with Crippen LogP contribution in [0.4, 0.5) is 0 Å². The lowest BCUT2D eigenvalue weighted by Crippen LogP contribution is -2.47. The predicted octanol–water partition coefficient (Wildman–Crippen LogP) is -0.986. The minimum absolute atomic E-state index is 0.0342. The first-order valence-electron chi connectivity index (χ1n) is 5.04. The van der Waals surface area contributed by atoms with Crippen molar-refractivity contribution < 1.29 is 4.79 Å². The number of amides is 1. The van der Waals surface area contributed by atoms with Gasteiger partial charge in [-0.3, -0.25) is 9.69 Å². The third-order valence-corrected chi connectivity index (χ3v) is 2.81. The van der Waals surface area contributed by atoms with Crippen molar-refractivity contribution in [1.29, 1.82) is 0 Å². The topological polar surface area (TPSA) is 56.7 Å². The van der Waals surface area contributed by atoms with Crippen LogP contribution < -0.4 is 10.7 Å². The molecule has 1 saturated heterocycles. The Morgan fingerprint density at radius 1 is 1.50 bits per heavy atom. The molecule has 0 aliphatic carbocycles. The molecule has 14 heavy (non-hydrogen) atoms. The summed E-state index contributed by atoms with van der Waals surface area (Å²) in [6.07, 6.45) is 0. The summed E-state index contributed by atoms with van der Waals surface area (Å²) in [4.78, 5) is 13.7. The molecule has 5 nitrogen and oxygen atoms in total. The average molecular weight is 196 g/mol. The van der Waals surface area contributed by atoms with Gasteiger partial charge in [0.05, 0.1) is 5.92 Å². The number of carbonyl (C=O) groups is 1. The van der Waals surface area contributed by atoms with Gasteiger partial charge in [0.1, 0.15) is 0 Å². The van der Waals surface area contributed by atoms with E-state index in [9.17, 15) is 4.79 Å². The van der Waals surface area contributed by atoms with Gasteiger partial charge in [-0.05, 0) is 6.92 Å². The number of carbonyl (C=O) groups excluding carboxylic acids is 1. The lowest BCUT2D eigenvalue weighted by atomic mass is 10.0. The minimum Gasteiger partial charge on any atom is -0.314 e. The van der Waals surface area contributed by atoms with Crippen LogP contribution in [0.3, 0.4) is 0 Å². The second-order valence-electron chi connectivity index (χ2n) is 3.83. The highest BCUT2D eigenvalue weighted by atomic mass is 16.2. The van der Waals surface area contributed by atoms with Gasteiger partial charge in [0.15, 0.2) is 0 Å². The SMILES string of the molecule is CC1=NNC(=O)C1CN1CCNCC1. The largest absolute Gasteiger partial charge is 0.314 e. The molecule has 0 radical (unpaired) electrons. The number of piperazine rings is 1. The maximum Gasteiger partial charge on any atom is 0.250 e. The summed E-state index contributed by atoms with van der Waals surface area (Å²) >= 11 is 0.